The summed E-state index contributed by atoms with van der Waals surface area (Å²) in [6.07, 6.45) is 0. The van der Waals surface area contributed by atoms with Crippen LogP contribution in [-0.2, 0) is 24.8 Å². The maximum atomic E-state index is 12.7. The number of hydrogen-bond donors (Lipinski definition) is 1. The largest absolute Gasteiger partial charge is 0.465 e. The average Bonchev–Trinajstić information content (AvgIpc) is 2.67. The van der Waals surface area contributed by atoms with Crippen LogP contribution in [0.5, 0.6) is 0 Å². The molecule has 0 radical (unpaired) electrons. The minimum atomic E-state index is -1.24. The van der Waals surface area contributed by atoms with Gasteiger partial charge in [0.05, 0.1) is 12.6 Å². The van der Waals surface area contributed by atoms with Gasteiger partial charge in [-0.3, -0.25) is 10.1 Å². The van der Waals surface area contributed by atoms with Gasteiger partial charge in [0.1, 0.15) is 0 Å². The van der Waals surface area contributed by atoms with Crippen LogP contribution in [0, 0.1) is 0 Å². The molecule has 5 heteroatoms. The molecule has 1 aliphatic rings. The topological polar surface area (TPSA) is 56.8 Å². The molecule has 0 aromatic heterocycles. The monoisotopic (exact) mass is 341 g/mol. The van der Waals surface area contributed by atoms with Crippen molar-refractivity contribution in [1.82, 2.24) is 5.32 Å². The van der Waals surface area contributed by atoms with Crippen LogP contribution >= 0.6 is 0 Å². The number of fused-ring (bicyclic) bond motifs is 1. The van der Waals surface area contributed by atoms with Crippen LogP contribution in [-0.4, -0.2) is 32.8 Å². The quantitative estimate of drug-likeness (QED) is 0.669. The Bertz CT molecular complexity index is 727. The number of hydrogen-bond acceptors (Lipinski definition) is 5. The number of ether oxygens (including phenoxy) is 3. The van der Waals surface area contributed by atoms with Gasteiger partial charge in [0, 0.05) is 19.8 Å². The summed E-state index contributed by atoms with van der Waals surface area (Å²) in [5.41, 5.74) is 2.90. The lowest BCUT2D eigenvalue weighted by molar-refractivity contribution is -0.244. The number of methoxy groups -OCH3 is 2. The van der Waals surface area contributed by atoms with Crippen molar-refractivity contribution in [3.63, 3.8) is 0 Å². The van der Waals surface area contributed by atoms with Crippen LogP contribution in [0.2, 0.25) is 0 Å². The van der Waals surface area contributed by atoms with Gasteiger partial charge in [0.15, 0.2) is 6.04 Å². The van der Waals surface area contributed by atoms with Gasteiger partial charge in [-0.05, 0) is 18.1 Å². The lowest BCUT2D eigenvalue weighted by atomic mass is 9.82. The smallest absolute Gasteiger partial charge is 0.329 e. The number of carbonyl (C=O) groups is 1. The van der Waals surface area contributed by atoms with Gasteiger partial charge >= 0.3 is 5.97 Å². The van der Waals surface area contributed by atoms with E-state index in [0.717, 1.165) is 16.7 Å². The maximum absolute atomic E-state index is 12.7. The normalized spacial score (nSPS) is 21.4. The van der Waals surface area contributed by atoms with E-state index in [2.05, 4.69) is 5.32 Å². The Hall–Kier alpha value is -2.21. The van der Waals surface area contributed by atoms with Gasteiger partial charge in [-0.15, -0.1) is 0 Å². The molecule has 132 valence electrons. The molecule has 0 saturated carbocycles. The zero-order chi connectivity index (χ0) is 17.9. The summed E-state index contributed by atoms with van der Waals surface area (Å²) in [4.78, 5) is 12.7. The zero-order valence-corrected chi connectivity index (χ0v) is 14.7. The summed E-state index contributed by atoms with van der Waals surface area (Å²) in [7, 11) is 3.08. The van der Waals surface area contributed by atoms with Gasteiger partial charge < -0.3 is 14.2 Å². The molecule has 0 amide bonds. The number of rotatable bonds is 5. The first kappa shape index (κ1) is 17.6. The molecule has 1 heterocycles. The third kappa shape index (κ3) is 2.95. The van der Waals surface area contributed by atoms with E-state index >= 15 is 0 Å². The second kappa shape index (κ2) is 7.35. The molecule has 2 aromatic rings. The van der Waals surface area contributed by atoms with Crippen LogP contribution in [0.15, 0.2) is 54.6 Å². The highest BCUT2D eigenvalue weighted by Gasteiger charge is 2.52. The molecule has 1 N–H and O–H groups in total. The predicted octanol–water partition coefficient (Wildman–Crippen LogP) is 2.76. The molecule has 25 heavy (non-hydrogen) atoms. The number of nitrogens with one attached hydrogen (secondary N) is 1. The zero-order valence-electron chi connectivity index (χ0n) is 14.7. The Morgan fingerprint density at radius 1 is 1.04 bits per heavy atom. The van der Waals surface area contributed by atoms with Crippen LogP contribution in [0.3, 0.4) is 0 Å². The van der Waals surface area contributed by atoms with Crippen LogP contribution < -0.4 is 5.32 Å². The van der Waals surface area contributed by atoms with E-state index in [1.807, 2.05) is 54.6 Å². The van der Waals surface area contributed by atoms with Crippen molar-refractivity contribution in [2.75, 3.05) is 20.8 Å². The standard InChI is InChI=1S/C20H23NO4/c1-4-25-19(22)18-20(23-2,24-3)16-13-9-8-12-15(16)17(21-18)14-10-6-5-7-11-14/h5-13,17-18,21H,4H2,1-3H3. The molecule has 0 fully saturated rings. The van der Waals surface area contributed by atoms with Crippen LogP contribution in [0.1, 0.15) is 29.7 Å². The van der Waals surface area contributed by atoms with Gasteiger partial charge in [0.2, 0.25) is 5.79 Å². The molecule has 0 saturated heterocycles. The molecule has 0 spiro atoms. The van der Waals surface area contributed by atoms with Crippen LogP contribution in [0.25, 0.3) is 0 Å². The van der Waals surface area contributed by atoms with Crippen molar-refractivity contribution < 1.29 is 19.0 Å². The van der Waals surface area contributed by atoms with Crippen molar-refractivity contribution in [2.24, 2.45) is 0 Å². The summed E-state index contributed by atoms with van der Waals surface area (Å²) in [6, 6.07) is 16.9. The van der Waals surface area contributed by atoms with Crippen molar-refractivity contribution in [2.45, 2.75) is 24.8 Å². The molecule has 5 nitrogen and oxygen atoms in total. The Morgan fingerprint density at radius 3 is 2.32 bits per heavy atom. The first-order valence-electron chi connectivity index (χ1n) is 8.35. The lowest BCUT2D eigenvalue weighted by Crippen LogP contribution is -2.60. The Kier molecular flexibility index (Phi) is 5.18. The van der Waals surface area contributed by atoms with E-state index in [-0.39, 0.29) is 12.6 Å². The third-order valence-electron chi connectivity index (χ3n) is 4.62. The first-order valence-corrected chi connectivity index (χ1v) is 8.35. The molecular weight excluding hydrogens is 318 g/mol. The summed E-state index contributed by atoms with van der Waals surface area (Å²) in [6.45, 7) is 2.07. The van der Waals surface area contributed by atoms with Crippen molar-refractivity contribution >= 4 is 5.97 Å². The molecule has 0 bridgehead atoms. The van der Waals surface area contributed by atoms with E-state index in [1.165, 1.54) is 14.2 Å². The van der Waals surface area contributed by atoms with Gasteiger partial charge in [-0.1, -0.05) is 54.6 Å². The molecule has 2 atom stereocenters. The highest BCUT2D eigenvalue weighted by Crippen LogP contribution is 2.42. The summed E-state index contributed by atoms with van der Waals surface area (Å²) in [5.74, 6) is -1.64. The second-order valence-corrected chi connectivity index (χ2v) is 5.86. The number of esters is 1. The highest BCUT2D eigenvalue weighted by molar-refractivity contribution is 5.78. The first-order chi connectivity index (χ1) is 12.2. The highest BCUT2D eigenvalue weighted by atomic mass is 16.7. The van der Waals surface area contributed by atoms with E-state index in [1.54, 1.807) is 6.92 Å². The van der Waals surface area contributed by atoms with Gasteiger partial charge in [0.25, 0.3) is 0 Å². The number of benzene rings is 2. The molecule has 2 unspecified atom stereocenters. The summed E-state index contributed by atoms with van der Waals surface area (Å²) < 4.78 is 16.7. The van der Waals surface area contributed by atoms with E-state index in [0.29, 0.717) is 0 Å². The SMILES string of the molecule is CCOC(=O)C1NC(c2ccccc2)c2ccccc2C1(OC)OC. The van der Waals surface area contributed by atoms with Crippen molar-refractivity contribution in [3.8, 4) is 0 Å². The molecule has 3 rings (SSSR count). The maximum Gasteiger partial charge on any atom is 0.329 e. The summed E-state index contributed by atoms with van der Waals surface area (Å²) in [5, 5.41) is 3.38. The third-order valence-corrected chi connectivity index (χ3v) is 4.62. The van der Waals surface area contributed by atoms with E-state index in [4.69, 9.17) is 14.2 Å². The fourth-order valence-corrected chi connectivity index (χ4v) is 3.50. The molecule has 2 aromatic carbocycles. The van der Waals surface area contributed by atoms with Crippen LogP contribution in [0.4, 0.5) is 0 Å². The Balaban J connectivity index is 2.17. The predicted molar refractivity (Wildman–Crippen MR) is 94.0 cm³/mol. The minimum Gasteiger partial charge on any atom is -0.465 e. The number of carbonyl (C=O) groups excluding carboxylic acids is 1. The second-order valence-electron chi connectivity index (χ2n) is 5.86. The fourth-order valence-electron chi connectivity index (χ4n) is 3.50. The lowest BCUT2D eigenvalue weighted by Gasteiger charge is -2.45. The van der Waals surface area contributed by atoms with Crippen molar-refractivity contribution in [3.05, 3.63) is 71.3 Å². The Morgan fingerprint density at radius 2 is 1.68 bits per heavy atom. The van der Waals surface area contributed by atoms with Crippen molar-refractivity contribution in [1.29, 1.82) is 0 Å². The van der Waals surface area contributed by atoms with E-state index < -0.39 is 17.8 Å². The van der Waals surface area contributed by atoms with Gasteiger partial charge in [-0.25, -0.2) is 0 Å². The van der Waals surface area contributed by atoms with E-state index in [9.17, 15) is 4.79 Å². The average molecular weight is 341 g/mol. The molecule has 0 aliphatic carbocycles. The molecular formula is C20H23NO4. The van der Waals surface area contributed by atoms with Gasteiger partial charge in [-0.2, -0.15) is 0 Å². The molecule has 1 aliphatic heterocycles. The summed E-state index contributed by atoms with van der Waals surface area (Å²) >= 11 is 0. The fraction of sp³-hybridized carbons (Fsp3) is 0.350. The Labute approximate surface area is 147 Å². The minimum absolute atomic E-state index is 0.162.